The zero-order chi connectivity index (χ0) is 19.4. The fourth-order valence-electron chi connectivity index (χ4n) is 2.26. The van der Waals surface area contributed by atoms with Gasteiger partial charge >= 0.3 is 0 Å². The molecule has 6 nitrogen and oxygen atoms in total. The molecule has 0 bridgehead atoms. The van der Waals surface area contributed by atoms with Gasteiger partial charge in [-0.15, -0.1) is 10.2 Å². The monoisotopic (exact) mass is 444 g/mol. The average molecular weight is 445 g/mol. The SMILES string of the molecule is COc1ccccc1-c1nnc(SCCS(=O)(=O)c2cc(Cl)ccc2Cl)o1. The van der Waals surface area contributed by atoms with Crippen molar-refractivity contribution in [1.29, 1.82) is 0 Å². The van der Waals surface area contributed by atoms with Crippen molar-refractivity contribution in [3.05, 3.63) is 52.5 Å². The molecule has 0 aliphatic carbocycles. The maximum absolute atomic E-state index is 12.5. The first kappa shape index (κ1) is 20.0. The molecule has 1 aromatic heterocycles. The number of thioether (sulfide) groups is 1. The fraction of sp³-hybridized carbons (Fsp3) is 0.176. The van der Waals surface area contributed by atoms with E-state index in [0.717, 1.165) is 11.8 Å². The van der Waals surface area contributed by atoms with Gasteiger partial charge in [0.1, 0.15) is 5.75 Å². The molecule has 0 N–H and O–H groups in total. The number of benzene rings is 2. The highest BCUT2D eigenvalue weighted by Crippen LogP contribution is 2.31. The summed E-state index contributed by atoms with van der Waals surface area (Å²) in [6.07, 6.45) is 0. The number of methoxy groups -OCH3 is 1. The van der Waals surface area contributed by atoms with Crippen LogP contribution in [0.3, 0.4) is 0 Å². The van der Waals surface area contributed by atoms with Crippen LogP contribution in [0.2, 0.25) is 10.0 Å². The number of ether oxygens (including phenoxy) is 1. The summed E-state index contributed by atoms with van der Waals surface area (Å²) in [7, 11) is -2.03. The Labute approximate surface area is 170 Å². The Morgan fingerprint density at radius 1 is 1.15 bits per heavy atom. The second-order valence-electron chi connectivity index (χ2n) is 5.32. The number of hydrogen-bond donors (Lipinski definition) is 0. The van der Waals surface area contributed by atoms with Gasteiger partial charge in [-0.05, 0) is 30.3 Å². The van der Waals surface area contributed by atoms with Crippen molar-refractivity contribution in [1.82, 2.24) is 10.2 Å². The number of rotatable bonds is 7. The first-order valence-electron chi connectivity index (χ1n) is 7.68. The Bertz CT molecular complexity index is 1050. The van der Waals surface area contributed by atoms with Gasteiger partial charge < -0.3 is 9.15 Å². The van der Waals surface area contributed by atoms with E-state index in [1.54, 1.807) is 19.2 Å². The number of sulfone groups is 1. The van der Waals surface area contributed by atoms with E-state index in [9.17, 15) is 8.42 Å². The maximum Gasteiger partial charge on any atom is 0.276 e. The van der Waals surface area contributed by atoms with Gasteiger partial charge in [-0.25, -0.2) is 8.42 Å². The predicted molar refractivity (Wildman–Crippen MR) is 106 cm³/mol. The molecule has 0 atom stereocenters. The predicted octanol–water partition coefficient (Wildman–Crippen LogP) is 4.62. The van der Waals surface area contributed by atoms with Crippen molar-refractivity contribution in [2.24, 2.45) is 0 Å². The highest BCUT2D eigenvalue weighted by atomic mass is 35.5. The Kier molecular flexibility index (Phi) is 6.31. The van der Waals surface area contributed by atoms with Crippen LogP contribution in [0.5, 0.6) is 5.75 Å². The third kappa shape index (κ3) is 4.76. The third-order valence-electron chi connectivity index (χ3n) is 3.55. The van der Waals surface area contributed by atoms with Crippen LogP contribution in [0, 0.1) is 0 Å². The van der Waals surface area contributed by atoms with E-state index in [2.05, 4.69) is 10.2 Å². The molecule has 2 aromatic carbocycles. The van der Waals surface area contributed by atoms with Gasteiger partial charge in [-0.3, -0.25) is 0 Å². The molecule has 0 saturated carbocycles. The molecule has 3 rings (SSSR count). The smallest absolute Gasteiger partial charge is 0.276 e. The maximum atomic E-state index is 12.5. The number of hydrogen-bond acceptors (Lipinski definition) is 7. The van der Waals surface area contributed by atoms with Crippen LogP contribution < -0.4 is 4.74 Å². The normalized spacial score (nSPS) is 11.5. The topological polar surface area (TPSA) is 82.3 Å². The summed E-state index contributed by atoms with van der Waals surface area (Å²) in [5.41, 5.74) is 0.665. The van der Waals surface area contributed by atoms with Crippen LogP contribution in [-0.4, -0.2) is 37.2 Å². The lowest BCUT2D eigenvalue weighted by Gasteiger charge is -2.06. The molecule has 1 heterocycles. The Morgan fingerprint density at radius 3 is 2.70 bits per heavy atom. The minimum absolute atomic E-state index is 0.0116. The molecule has 10 heteroatoms. The number of para-hydroxylation sites is 1. The van der Waals surface area contributed by atoms with Crippen molar-refractivity contribution in [2.75, 3.05) is 18.6 Å². The fourth-order valence-corrected chi connectivity index (χ4v) is 5.48. The van der Waals surface area contributed by atoms with E-state index in [0.29, 0.717) is 22.2 Å². The second kappa shape index (κ2) is 8.52. The first-order chi connectivity index (χ1) is 12.9. The van der Waals surface area contributed by atoms with Crippen LogP contribution in [0.1, 0.15) is 0 Å². The Balaban J connectivity index is 1.68. The average Bonchev–Trinajstić information content (AvgIpc) is 3.12. The Morgan fingerprint density at radius 2 is 1.93 bits per heavy atom. The van der Waals surface area contributed by atoms with Gasteiger partial charge in [0.2, 0.25) is 0 Å². The van der Waals surface area contributed by atoms with Gasteiger partial charge in [-0.1, -0.05) is 47.1 Å². The van der Waals surface area contributed by atoms with Crippen LogP contribution in [0.4, 0.5) is 0 Å². The second-order valence-corrected chi connectivity index (χ2v) is 9.28. The van der Waals surface area contributed by atoms with E-state index in [4.69, 9.17) is 32.4 Å². The highest BCUT2D eigenvalue weighted by molar-refractivity contribution is 8.00. The molecule has 0 aliphatic heterocycles. The minimum atomic E-state index is -3.59. The standard InChI is InChI=1S/C17H14Cl2N2O4S2/c1-24-14-5-3-2-4-12(14)16-20-21-17(25-16)26-8-9-27(22,23)15-10-11(18)6-7-13(15)19/h2-7,10H,8-9H2,1H3. The summed E-state index contributed by atoms with van der Waals surface area (Å²) in [6, 6.07) is 11.6. The summed E-state index contributed by atoms with van der Waals surface area (Å²) in [5, 5.41) is 8.64. The first-order valence-corrected chi connectivity index (χ1v) is 11.1. The molecule has 0 amide bonds. The highest BCUT2D eigenvalue weighted by Gasteiger charge is 2.20. The minimum Gasteiger partial charge on any atom is -0.496 e. The van der Waals surface area contributed by atoms with Crippen LogP contribution >= 0.6 is 35.0 Å². The zero-order valence-corrected chi connectivity index (χ0v) is 17.2. The third-order valence-corrected chi connectivity index (χ3v) is 7.05. The van der Waals surface area contributed by atoms with Crippen LogP contribution in [0.25, 0.3) is 11.5 Å². The number of aromatic nitrogens is 2. The molecule has 3 aromatic rings. The van der Waals surface area contributed by atoms with Gasteiger partial charge in [0.25, 0.3) is 11.1 Å². The van der Waals surface area contributed by atoms with E-state index in [-0.39, 0.29) is 26.6 Å². The molecular formula is C17H14Cl2N2O4S2. The number of halogens is 2. The largest absolute Gasteiger partial charge is 0.496 e. The molecular weight excluding hydrogens is 431 g/mol. The van der Waals surface area contributed by atoms with E-state index < -0.39 is 9.84 Å². The summed E-state index contributed by atoms with van der Waals surface area (Å²) in [5.74, 6) is 0.981. The molecule has 0 aliphatic rings. The summed E-state index contributed by atoms with van der Waals surface area (Å²) in [6.45, 7) is 0. The summed E-state index contributed by atoms with van der Waals surface area (Å²) >= 11 is 13.0. The molecule has 0 spiro atoms. The molecule has 27 heavy (non-hydrogen) atoms. The summed E-state index contributed by atoms with van der Waals surface area (Å²) in [4.78, 5) is 0.0116. The quantitative estimate of drug-likeness (QED) is 0.491. The van der Waals surface area contributed by atoms with Crippen LogP contribution in [-0.2, 0) is 9.84 Å². The summed E-state index contributed by atoms with van der Waals surface area (Å²) < 4.78 is 35.8. The lowest BCUT2D eigenvalue weighted by atomic mass is 10.2. The molecule has 0 radical (unpaired) electrons. The van der Waals surface area contributed by atoms with Gasteiger partial charge in [0.15, 0.2) is 9.84 Å². The van der Waals surface area contributed by atoms with Crippen molar-refractivity contribution in [3.63, 3.8) is 0 Å². The van der Waals surface area contributed by atoms with Crippen molar-refractivity contribution >= 4 is 44.8 Å². The van der Waals surface area contributed by atoms with E-state index in [1.165, 1.54) is 18.2 Å². The zero-order valence-electron chi connectivity index (χ0n) is 14.1. The molecule has 0 fully saturated rings. The lowest BCUT2D eigenvalue weighted by Crippen LogP contribution is -2.09. The van der Waals surface area contributed by atoms with E-state index >= 15 is 0 Å². The van der Waals surface area contributed by atoms with Crippen molar-refractivity contribution < 1.29 is 17.6 Å². The van der Waals surface area contributed by atoms with Gasteiger partial charge in [0, 0.05) is 10.8 Å². The van der Waals surface area contributed by atoms with E-state index in [1.807, 2.05) is 12.1 Å². The number of nitrogens with zero attached hydrogens (tertiary/aromatic N) is 2. The Hall–Kier alpha value is -1.74. The van der Waals surface area contributed by atoms with Gasteiger partial charge in [-0.2, -0.15) is 0 Å². The van der Waals surface area contributed by atoms with Crippen molar-refractivity contribution in [2.45, 2.75) is 10.1 Å². The van der Waals surface area contributed by atoms with Gasteiger partial charge in [0.05, 0.1) is 28.3 Å². The van der Waals surface area contributed by atoms with Crippen LogP contribution in [0.15, 0.2) is 57.0 Å². The van der Waals surface area contributed by atoms with Crippen molar-refractivity contribution in [3.8, 4) is 17.2 Å². The molecule has 0 saturated heterocycles. The molecule has 0 unspecified atom stereocenters. The lowest BCUT2D eigenvalue weighted by molar-refractivity contribution is 0.411. The molecule has 142 valence electrons.